The zero-order chi connectivity index (χ0) is 15.2. The minimum Gasteiger partial charge on any atom is -0.480 e. The Labute approximate surface area is 110 Å². The fraction of sp³-hybridized carbons (Fsp3) is 0.727. The first-order chi connectivity index (χ1) is 8.56. The fourth-order valence-electron chi connectivity index (χ4n) is 1.13. The van der Waals surface area contributed by atoms with E-state index in [1.54, 1.807) is 20.8 Å². The number of methoxy groups -OCH3 is 1. The third kappa shape index (κ3) is 7.24. The van der Waals surface area contributed by atoms with Crippen molar-refractivity contribution >= 4 is 18.0 Å². The van der Waals surface area contributed by atoms with E-state index in [4.69, 9.17) is 9.84 Å². The van der Waals surface area contributed by atoms with Crippen LogP contribution in [0.2, 0.25) is 0 Å². The van der Waals surface area contributed by atoms with E-state index in [1.165, 1.54) is 0 Å². The highest BCUT2D eigenvalue weighted by molar-refractivity contribution is 5.81. The first-order valence-corrected chi connectivity index (χ1v) is 5.55. The van der Waals surface area contributed by atoms with Crippen molar-refractivity contribution in [2.24, 2.45) is 0 Å². The van der Waals surface area contributed by atoms with Crippen molar-refractivity contribution in [1.29, 1.82) is 0 Å². The number of esters is 1. The summed E-state index contributed by atoms with van der Waals surface area (Å²) in [6.07, 6.45) is -3.10. The second-order valence-electron chi connectivity index (χ2n) is 4.81. The van der Waals surface area contributed by atoms with Crippen molar-refractivity contribution in [3.63, 3.8) is 0 Å². The molecule has 0 unspecified atom stereocenters. The maximum atomic E-state index is 11.4. The second-order valence-corrected chi connectivity index (χ2v) is 4.81. The Morgan fingerprint density at radius 2 is 1.79 bits per heavy atom. The van der Waals surface area contributed by atoms with E-state index in [0.717, 1.165) is 7.11 Å². The molecule has 110 valence electrons. The molecule has 2 atom stereocenters. The smallest absolute Gasteiger partial charge is 0.408 e. The van der Waals surface area contributed by atoms with Gasteiger partial charge in [-0.1, -0.05) is 0 Å². The van der Waals surface area contributed by atoms with Crippen LogP contribution in [0, 0.1) is 0 Å². The Balaban J connectivity index is 4.55. The molecule has 0 aliphatic carbocycles. The number of carbonyl (C=O) groups excluding carboxylic acids is 2. The van der Waals surface area contributed by atoms with Crippen molar-refractivity contribution < 1.29 is 34.1 Å². The number of hydrogen-bond donors (Lipinski definition) is 3. The number of hydrogen-bond acceptors (Lipinski definition) is 6. The number of amides is 1. The van der Waals surface area contributed by atoms with Gasteiger partial charge in [0.25, 0.3) is 0 Å². The Hall–Kier alpha value is -1.83. The number of ether oxygens (including phenoxy) is 2. The molecule has 0 radical (unpaired) electrons. The van der Waals surface area contributed by atoms with Gasteiger partial charge in [-0.25, -0.2) is 14.4 Å². The number of carbonyl (C=O) groups is 3. The van der Waals surface area contributed by atoms with Gasteiger partial charge in [-0.05, 0) is 20.8 Å². The molecule has 0 spiro atoms. The number of aliphatic hydroxyl groups excluding tert-OH is 1. The average Bonchev–Trinajstić information content (AvgIpc) is 2.24. The van der Waals surface area contributed by atoms with Crippen LogP contribution in [0.5, 0.6) is 0 Å². The van der Waals surface area contributed by atoms with E-state index in [9.17, 15) is 19.5 Å². The van der Waals surface area contributed by atoms with E-state index in [2.05, 4.69) is 10.1 Å². The Bertz CT molecular complexity index is 347. The third-order valence-corrected chi connectivity index (χ3v) is 1.92. The minimum absolute atomic E-state index is 0.513. The van der Waals surface area contributed by atoms with Crippen LogP contribution in [0.3, 0.4) is 0 Å². The number of carboxylic acids is 1. The summed E-state index contributed by atoms with van der Waals surface area (Å²) in [4.78, 5) is 33.3. The van der Waals surface area contributed by atoms with Crippen molar-refractivity contribution in [3.05, 3.63) is 0 Å². The van der Waals surface area contributed by atoms with Gasteiger partial charge in [-0.15, -0.1) is 0 Å². The molecule has 8 nitrogen and oxygen atoms in total. The molecule has 0 saturated carbocycles. The Morgan fingerprint density at radius 1 is 1.26 bits per heavy atom. The Morgan fingerprint density at radius 3 is 2.16 bits per heavy atom. The molecule has 1 amide bonds. The molecule has 0 aromatic carbocycles. The lowest BCUT2D eigenvalue weighted by atomic mass is 10.1. The van der Waals surface area contributed by atoms with Gasteiger partial charge in [0.05, 0.1) is 7.11 Å². The van der Waals surface area contributed by atoms with Crippen molar-refractivity contribution in [1.82, 2.24) is 5.32 Å². The maximum absolute atomic E-state index is 11.4. The van der Waals surface area contributed by atoms with E-state index in [-0.39, 0.29) is 0 Å². The first kappa shape index (κ1) is 17.2. The standard InChI is InChI=1S/C11H19NO7/c1-11(2,3)19-10(17)12-6(8(14)15)5-7(13)9(16)18-4/h6-7,13H,5H2,1-4H3,(H,12,17)(H,14,15)/t6-,7+/m0/s1. The van der Waals surface area contributed by atoms with Crippen molar-refractivity contribution in [2.75, 3.05) is 7.11 Å². The Kier molecular flexibility index (Phi) is 6.26. The lowest BCUT2D eigenvalue weighted by Gasteiger charge is -2.22. The summed E-state index contributed by atoms with van der Waals surface area (Å²) in [5.41, 5.74) is -0.784. The predicted octanol–water partition coefficient (Wildman–Crippen LogP) is -0.112. The van der Waals surface area contributed by atoms with Crippen LogP contribution < -0.4 is 5.32 Å². The minimum atomic E-state index is -1.64. The van der Waals surface area contributed by atoms with Crippen molar-refractivity contribution in [3.8, 4) is 0 Å². The molecule has 0 fully saturated rings. The van der Waals surface area contributed by atoms with E-state index < -0.39 is 42.2 Å². The van der Waals surface area contributed by atoms with Gasteiger partial charge in [-0.3, -0.25) is 0 Å². The molecule has 8 heteroatoms. The van der Waals surface area contributed by atoms with Crippen LogP contribution >= 0.6 is 0 Å². The first-order valence-electron chi connectivity index (χ1n) is 5.55. The number of rotatable bonds is 5. The van der Waals surface area contributed by atoms with Crippen molar-refractivity contribution in [2.45, 2.75) is 44.9 Å². The lowest BCUT2D eigenvalue weighted by Crippen LogP contribution is -2.46. The zero-order valence-electron chi connectivity index (χ0n) is 11.3. The van der Waals surface area contributed by atoms with Gasteiger partial charge in [0, 0.05) is 6.42 Å². The van der Waals surface area contributed by atoms with Gasteiger partial charge in [-0.2, -0.15) is 0 Å². The molecule has 0 saturated heterocycles. The summed E-state index contributed by atoms with van der Waals surface area (Å²) in [5, 5.41) is 20.3. The predicted molar refractivity (Wildman–Crippen MR) is 63.4 cm³/mol. The van der Waals surface area contributed by atoms with Gasteiger partial charge >= 0.3 is 18.0 Å². The van der Waals surface area contributed by atoms with Gasteiger partial charge in [0.15, 0.2) is 6.10 Å². The number of alkyl carbamates (subject to hydrolysis) is 1. The number of aliphatic carboxylic acids is 1. The molecule has 0 heterocycles. The van der Waals surface area contributed by atoms with Gasteiger partial charge < -0.3 is 25.0 Å². The summed E-state index contributed by atoms with van der Waals surface area (Å²) in [6, 6.07) is -1.45. The normalized spacial score (nSPS) is 14.2. The van der Waals surface area contributed by atoms with Crippen LogP contribution in [0.15, 0.2) is 0 Å². The average molecular weight is 277 g/mol. The monoisotopic (exact) mass is 277 g/mol. The summed E-state index contributed by atoms with van der Waals surface area (Å²) < 4.78 is 9.13. The third-order valence-electron chi connectivity index (χ3n) is 1.92. The maximum Gasteiger partial charge on any atom is 0.408 e. The quantitative estimate of drug-likeness (QED) is 0.599. The number of carboxylic acid groups (broad SMARTS) is 1. The molecule has 0 aromatic rings. The fourth-order valence-corrected chi connectivity index (χ4v) is 1.13. The number of aliphatic hydroxyl groups is 1. The van der Waals surface area contributed by atoms with Crippen LogP contribution in [0.4, 0.5) is 4.79 Å². The van der Waals surface area contributed by atoms with Crippen LogP contribution in [-0.2, 0) is 19.1 Å². The SMILES string of the molecule is COC(=O)[C@H](O)C[C@H](NC(=O)OC(C)(C)C)C(=O)O. The largest absolute Gasteiger partial charge is 0.480 e. The highest BCUT2D eigenvalue weighted by atomic mass is 16.6. The molecular weight excluding hydrogens is 258 g/mol. The number of nitrogens with one attached hydrogen (secondary N) is 1. The van der Waals surface area contributed by atoms with E-state index in [0.29, 0.717) is 0 Å². The van der Waals surface area contributed by atoms with E-state index >= 15 is 0 Å². The van der Waals surface area contributed by atoms with Crippen LogP contribution in [0.1, 0.15) is 27.2 Å². The second kappa shape index (κ2) is 6.93. The summed E-state index contributed by atoms with van der Waals surface area (Å²) in [7, 11) is 1.06. The molecule has 0 aliphatic heterocycles. The molecule has 0 aromatic heterocycles. The molecule has 0 rings (SSSR count). The molecule has 0 bridgehead atoms. The highest BCUT2D eigenvalue weighted by Gasteiger charge is 2.29. The summed E-state index contributed by atoms with van der Waals surface area (Å²) in [6.45, 7) is 4.85. The molecule has 3 N–H and O–H groups in total. The topological polar surface area (TPSA) is 122 Å². The van der Waals surface area contributed by atoms with Gasteiger partial charge in [0.2, 0.25) is 0 Å². The zero-order valence-corrected chi connectivity index (χ0v) is 11.3. The van der Waals surface area contributed by atoms with Gasteiger partial charge in [0.1, 0.15) is 11.6 Å². The van der Waals surface area contributed by atoms with E-state index in [1.807, 2.05) is 0 Å². The molecular formula is C11H19NO7. The molecule has 19 heavy (non-hydrogen) atoms. The summed E-state index contributed by atoms with van der Waals surface area (Å²) in [5.74, 6) is -2.37. The summed E-state index contributed by atoms with van der Waals surface area (Å²) >= 11 is 0. The lowest BCUT2D eigenvalue weighted by molar-refractivity contribution is -0.152. The van der Waals surface area contributed by atoms with Crippen LogP contribution in [0.25, 0.3) is 0 Å². The van der Waals surface area contributed by atoms with Crippen LogP contribution in [-0.4, -0.2) is 53.1 Å². The highest BCUT2D eigenvalue weighted by Crippen LogP contribution is 2.08. The molecule has 0 aliphatic rings.